The molecule has 3 rings (SSSR count). The van der Waals surface area contributed by atoms with Crippen LogP contribution in [0.3, 0.4) is 0 Å². The summed E-state index contributed by atoms with van der Waals surface area (Å²) in [5.74, 6) is 1.44. The normalized spacial score (nSPS) is 26.6. The lowest BCUT2D eigenvalue weighted by molar-refractivity contribution is 0.00482. The van der Waals surface area contributed by atoms with E-state index in [-0.39, 0.29) is 18.0 Å². The molecule has 0 radical (unpaired) electrons. The largest absolute Gasteiger partial charge is 0.497 e. The fourth-order valence-corrected chi connectivity index (χ4v) is 2.56. The van der Waals surface area contributed by atoms with Crippen molar-refractivity contribution in [2.24, 2.45) is 0 Å². The molecule has 96 valence electrons. The number of methoxy groups -OCH3 is 1. The summed E-state index contributed by atoms with van der Waals surface area (Å²) in [6.45, 7) is 0.768. The van der Waals surface area contributed by atoms with E-state index in [1.165, 1.54) is 0 Å². The van der Waals surface area contributed by atoms with Crippen LogP contribution in [0.1, 0.15) is 29.6 Å². The van der Waals surface area contributed by atoms with Gasteiger partial charge in [-0.15, -0.1) is 0 Å². The van der Waals surface area contributed by atoms with Crippen molar-refractivity contribution in [1.82, 2.24) is 0 Å². The van der Waals surface area contributed by atoms with Crippen LogP contribution in [0.5, 0.6) is 11.5 Å². The molecule has 4 nitrogen and oxygen atoms in total. The van der Waals surface area contributed by atoms with Crippen molar-refractivity contribution in [3.8, 4) is 11.5 Å². The number of hydrogen-bond acceptors (Lipinski definition) is 4. The molecule has 0 spiro atoms. The van der Waals surface area contributed by atoms with Crippen molar-refractivity contribution >= 4 is 5.78 Å². The highest BCUT2D eigenvalue weighted by Gasteiger charge is 2.34. The molecule has 1 aromatic carbocycles. The first-order chi connectivity index (χ1) is 8.78. The Hall–Kier alpha value is -1.55. The first-order valence-corrected chi connectivity index (χ1v) is 6.27. The summed E-state index contributed by atoms with van der Waals surface area (Å²) in [7, 11) is 1.60. The maximum atomic E-state index is 12.1. The van der Waals surface area contributed by atoms with E-state index in [4.69, 9.17) is 14.2 Å². The van der Waals surface area contributed by atoms with Gasteiger partial charge in [-0.3, -0.25) is 4.79 Å². The topological polar surface area (TPSA) is 44.8 Å². The van der Waals surface area contributed by atoms with E-state index in [9.17, 15) is 4.79 Å². The summed E-state index contributed by atoms with van der Waals surface area (Å²) in [6.07, 6.45) is 2.32. The van der Waals surface area contributed by atoms with Gasteiger partial charge in [0.05, 0.1) is 25.2 Å². The first-order valence-electron chi connectivity index (χ1n) is 6.27. The zero-order chi connectivity index (χ0) is 12.5. The average Bonchev–Trinajstić information content (AvgIpc) is 2.91. The van der Waals surface area contributed by atoms with Crippen molar-refractivity contribution in [3.63, 3.8) is 0 Å². The van der Waals surface area contributed by atoms with Crippen LogP contribution in [0.2, 0.25) is 0 Å². The Morgan fingerprint density at radius 2 is 2.22 bits per heavy atom. The van der Waals surface area contributed by atoms with Crippen molar-refractivity contribution in [3.05, 3.63) is 23.8 Å². The van der Waals surface area contributed by atoms with Crippen LogP contribution < -0.4 is 9.47 Å². The summed E-state index contributed by atoms with van der Waals surface area (Å²) < 4.78 is 16.7. The van der Waals surface area contributed by atoms with Gasteiger partial charge in [0.1, 0.15) is 17.6 Å². The van der Waals surface area contributed by atoms with Gasteiger partial charge in [0.2, 0.25) is 0 Å². The van der Waals surface area contributed by atoms with Crippen LogP contribution in [-0.4, -0.2) is 31.7 Å². The van der Waals surface area contributed by atoms with Gasteiger partial charge in [-0.05, 0) is 25.0 Å². The molecule has 0 amide bonds. The summed E-state index contributed by atoms with van der Waals surface area (Å²) in [4.78, 5) is 12.1. The van der Waals surface area contributed by atoms with E-state index in [2.05, 4.69) is 0 Å². The van der Waals surface area contributed by atoms with Crippen LogP contribution in [0, 0.1) is 0 Å². The molecule has 2 aliphatic heterocycles. The Kier molecular flexibility index (Phi) is 2.96. The number of carbonyl (C=O) groups is 1. The summed E-state index contributed by atoms with van der Waals surface area (Å²) in [5.41, 5.74) is 0.644. The lowest BCUT2D eigenvalue weighted by Gasteiger charge is -2.29. The number of benzene rings is 1. The number of Topliss-reactive ketones (excluding diaryl/α,β-unsaturated/α-hetero) is 1. The zero-order valence-corrected chi connectivity index (χ0v) is 10.3. The fourth-order valence-electron chi connectivity index (χ4n) is 2.56. The summed E-state index contributed by atoms with van der Waals surface area (Å²) >= 11 is 0. The second-order valence-electron chi connectivity index (χ2n) is 4.70. The molecule has 1 aromatic rings. The van der Waals surface area contributed by atoms with Crippen molar-refractivity contribution in [2.75, 3.05) is 13.7 Å². The number of carbonyl (C=O) groups excluding carboxylic acids is 1. The van der Waals surface area contributed by atoms with Crippen LogP contribution in [-0.2, 0) is 4.74 Å². The second-order valence-corrected chi connectivity index (χ2v) is 4.70. The van der Waals surface area contributed by atoms with Gasteiger partial charge in [-0.1, -0.05) is 0 Å². The van der Waals surface area contributed by atoms with E-state index in [0.717, 1.165) is 19.4 Å². The van der Waals surface area contributed by atoms with E-state index in [1.807, 2.05) is 0 Å². The minimum atomic E-state index is -0.153. The molecule has 1 fully saturated rings. The highest BCUT2D eigenvalue weighted by molar-refractivity contribution is 6.00. The predicted molar refractivity (Wildman–Crippen MR) is 65.3 cm³/mol. The third kappa shape index (κ3) is 1.97. The van der Waals surface area contributed by atoms with Crippen molar-refractivity contribution < 1.29 is 19.0 Å². The van der Waals surface area contributed by atoms with Crippen LogP contribution in [0.15, 0.2) is 18.2 Å². The van der Waals surface area contributed by atoms with Gasteiger partial charge in [-0.2, -0.15) is 0 Å². The van der Waals surface area contributed by atoms with Crippen LogP contribution in [0.25, 0.3) is 0 Å². The van der Waals surface area contributed by atoms with Crippen LogP contribution in [0.4, 0.5) is 0 Å². The van der Waals surface area contributed by atoms with Gasteiger partial charge in [0.25, 0.3) is 0 Å². The quantitative estimate of drug-likeness (QED) is 0.805. The lowest BCUT2D eigenvalue weighted by Crippen LogP contribution is -2.36. The molecular weight excluding hydrogens is 232 g/mol. The maximum Gasteiger partial charge on any atom is 0.170 e. The van der Waals surface area contributed by atoms with Crippen molar-refractivity contribution in [2.45, 2.75) is 31.5 Å². The Labute approximate surface area is 106 Å². The first kappa shape index (κ1) is 11.5. The standard InChI is InChI=1S/C14H16O4/c1-16-9-4-5-10-11(15)8-14(18-13(10)7-9)12-3-2-6-17-12/h4-5,7,12,14H,2-3,6,8H2,1H3. The maximum absolute atomic E-state index is 12.1. The molecule has 18 heavy (non-hydrogen) atoms. The fraction of sp³-hybridized carbons (Fsp3) is 0.500. The van der Waals surface area contributed by atoms with Crippen LogP contribution >= 0.6 is 0 Å². The molecule has 0 bridgehead atoms. The molecule has 2 aliphatic rings. The molecule has 0 N–H and O–H groups in total. The molecule has 0 saturated carbocycles. The van der Waals surface area contributed by atoms with Gasteiger partial charge in [-0.25, -0.2) is 0 Å². The average molecular weight is 248 g/mol. The Bertz CT molecular complexity index is 463. The van der Waals surface area contributed by atoms with Gasteiger partial charge in [0.15, 0.2) is 5.78 Å². The van der Waals surface area contributed by atoms with Gasteiger partial charge >= 0.3 is 0 Å². The third-order valence-electron chi connectivity index (χ3n) is 3.53. The minimum Gasteiger partial charge on any atom is -0.497 e. The Morgan fingerprint density at radius 1 is 1.33 bits per heavy atom. The smallest absolute Gasteiger partial charge is 0.170 e. The Morgan fingerprint density at radius 3 is 2.94 bits per heavy atom. The van der Waals surface area contributed by atoms with Gasteiger partial charge < -0.3 is 14.2 Å². The summed E-state index contributed by atoms with van der Waals surface area (Å²) in [5, 5.41) is 0. The second kappa shape index (κ2) is 4.61. The molecule has 2 heterocycles. The minimum absolute atomic E-state index is 0.0494. The number of ketones is 1. The SMILES string of the molecule is COc1ccc2c(c1)OC(C1CCCO1)CC2=O. The third-order valence-corrected chi connectivity index (χ3v) is 3.53. The monoisotopic (exact) mass is 248 g/mol. The summed E-state index contributed by atoms with van der Waals surface area (Å²) in [6, 6.07) is 5.32. The molecular formula is C14H16O4. The van der Waals surface area contributed by atoms with Crippen molar-refractivity contribution in [1.29, 1.82) is 0 Å². The van der Waals surface area contributed by atoms with E-state index in [1.54, 1.807) is 25.3 Å². The molecule has 2 atom stereocenters. The highest BCUT2D eigenvalue weighted by atomic mass is 16.5. The molecule has 0 aliphatic carbocycles. The Balaban J connectivity index is 1.87. The molecule has 4 heteroatoms. The van der Waals surface area contributed by atoms with E-state index < -0.39 is 0 Å². The zero-order valence-electron chi connectivity index (χ0n) is 10.3. The van der Waals surface area contributed by atoms with Gasteiger partial charge in [0, 0.05) is 12.7 Å². The molecule has 2 unspecified atom stereocenters. The van der Waals surface area contributed by atoms with E-state index >= 15 is 0 Å². The lowest BCUT2D eigenvalue weighted by atomic mass is 9.96. The molecule has 1 saturated heterocycles. The number of fused-ring (bicyclic) bond motifs is 1. The number of ether oxygens (including phenoxy) is 3. The predicted octanol–water partition coefficient (Wildman–Crippen LogP) is 2.21. The van der Waals surface area contributed by atoms with E-state index in [0.29, 0.717) is 23.5 Å². The number of rotatable bonds is 2. The highest BCUT2D eigenvalue weighted by Crippen LogP contribution is 2.34. The molecule has 0 aromatic heterocycles. The number of hydrogen-bond donors (Lipinski definition) is 0.